The van der Waals surface area contributed by atoms with Crippen LogP contribution in [-0.2, 0) is 10.1 Å². The van der Waals surface area contributed by atoms with Crippen LogP contribution in [-0.4, -0.2) is 18.8 Å². The number of carbonyl (C=O) groups excluding carboxylic acids is 1. The summed E-state index contributed by atoms with van der Waals surface area (Å²) in [4.78, 5) is 12.5. The van der Waals surface area contributed by atoms with Crippen LogP contribution in [0.1, 0.15) is 27.0 Å². The van der Waals surface area contributed by atoms with Gasteiger partial charge in [-0.05, 0) is 74.0 Å². The van der Waals surface area contributed by atoms with Crippen molar-refractivity contribution in [2.45, 2.75) is 18.7 Å². The molecule has 3 aromatic carbocycles. The average molecular weight is 382 g/mol. The zero-order valence-electron chi connectivity index (χ0n) is 14.8. The molecule has 0 saturated heterocycles. The van der Waals surface area contributed by atoms with Crippen molar-refractivity contribution in [1.82, 2.24) is 0 Å². The first-order valence-electron chi connectivity index (χ1n) is 8.21. The van der Waals surface area contributed by atoms with E-state index in [1.165, 1.54) is 24.3 Å². The Bertz CT molecular complexity index is 1080. The van der Waals surface area contributed by atoms with Crippen molar-refractivity contribution < 1.29 is 22.5 Å². The lowest BCUT2D eigenvalue weighted by atomic mass is 9.97. The Morgan fingerprint density at radius 1 is 0.852 bits per heavy atom. The van der Waals surface area contributed by atoms with Crippen LogP contribution in [0, 0.1) is 13.8 Å². The number of benzene rings is 3. The number of ketones is 1. The number of rotatable bonds is 5. The zero-order valence-corrected chi connectivity index (χ0v) is 15.7. The molecule has 1 N–H and O–H groups in total. The molecule has 0 spiro atoms. The number of hydrogen-bond donors (Lipinski definition) is 1. The molecule has 0 atom stereocenters. The van der Waals surface area contributed by atoms with Crippen molar-refractivity contribution in [2.75, 3.05) is 0 Å². The SMILES string of the molecule is Cc1ccc(C)c(C(=O)c2ccc(Oc3ccc(S(=O)(=O)O)cc3)cc2)c1. The topological polar surface area (TPSA) is 80.7 Å². The van der Waals surface area contributed by atoms with Gasteiger partial charge >= 0.3 is 0 Å². The Kier molecular flexibility index (Phi) is 5.12. The lowest BCUT2D eigenvalue weighted by Gasteiger charge is -2.09. The van der Waals surface area contributed by atoms with Crippen molar-refractivity contribution in [3.05, 3.63) is 89.0 Å². The summed E-state index contributed by atoms with van der Waals surface area (Å²) in [7, 11) is -4.23. The molecule has 0 bridgehead atoms. The molecule has 0 amide bonds. The molecule has 5 nitrogen and oxygen atoms in total. The smallest absolute Gasteiger partial charge is 0.294 e. The summed E-state index contributed by atoms with van der Waals surface area (Å²) in [5.41, 5.74) is 3.17. The van der Waals surface area contributed by atoms with Crippen LogP contribution < -0.4 is 4.74 Å². The highest BCUT2D eigenvalue weighted by Crippen LogP contribution is 2.24. The highest BCUT2D eigenvalue weighted by atomic mass is 32.2. The second-order valence-corrected chi connectivity index (χ2v) is 7.64. The van der Waals surface area contributed by atoms with E-state index < -0.39 is 10.1 Å². The maximum Gasteiger partial charge on any atom is 0.294 e. The first-order valence-corrected chi connectivity index (χ1v) is 9.65. The Balaban J connectivity index is 1.77. The van der Waals surface area contributed by atoms with Gasteiger partial charge in [-0.2, -0.15) is 8.42 Å². The fourth-order valence-electron chi connectivity index (χ4n) is 2.63. The Hall–Kier alpha value is -2.96. The summed E-state index contributed by atoms with van der Waals surface area (Å²) in [5, 5.41) is 0. The molecular weight excluding hydrogens is 364 g/mol. The van der Waals surface area contributed by atoms with Gasteiger partial charge in [0.1, 0.15) is 11.5 Å². The van der Waals surface area contributed by atoms with Crippen molar-refractivity contribution >= 4 is 15.9 Å². The van der Waals surface area contributed by atoms with Crippen molar-refractivity contribution in [3.8, 4) is 11.5 Å². The number of hydrogen-bond acceptors (Lipinski definition) is 4. The Labute approximate surface area is 158 Å². The molecule has 27 heavy (non-hydrogen) atoms. The molecule has 0 heterocycles. The lowest BCUT2D eigenvalue weighted by molar-refractivity contribution is 0.103. The largest absolute Gasteiger partial charge is 0.457 e. The van der Waals surface area contributed by atoms with Gasteiger partial charge in [-0.15, -0.1) is 0 Å². The molecule has 0 radical (unpaired) electrons. The van der Waals surface area contributed by atoms with Gasteiger partial charge in [0, 0.05) is 11.1 Å². The maximum atomic E-state index is 12.7. The zero-order chi connectivity index (χ0) is 19.6. The standard InChI is InChI=1S/C21H18O5S/c1-14-3-4-15(2)20(13-14)21(22)16-5-7-17(8-6-16)26-18-9-11-19(12-10-18)27(23,24)25/h3-13H,1-2H3,(H,23,24,25). The fraction of sp³-hybridized carbons (Fsp3) is 0.0952. The van der Waals surface area contributed by atoms with Gasteiger partial charge in [0.15, 0.2) is 5.78 Å². The third kappa shape index (κ3) is 4.42. The van der Waals surface area contributed by atoms with Crippen molar-refractivity contribution in [3.63, 3.8) is 0 Å². The maximum absolute atomic E-state index is 12.7. The summed E-state index contributed by atoms with van der Waals surface area (Å²) in [6, 6.07) is 17.9. The van der Waals surface area contributed by atoms with E-state index in [1.807, 2.05) is 32.0 Å². The van der Waals surface area contributed by atoms with Crippen LogP contribution in [0.2, 0.25) is 0 Å². The molecular formula is C21H18O5S. The highest BCUT2D eigenvalue weighted by Gasteiger charge is 2.13. The third-order valence-electron chi connectivity index (χ3n) is 4.11. The molecule has 3 rings (SSSR count). The summed E-state index contributed by atoms with van der Waals surface area (Å²) >= 11 is 0. The normalized spacial score (nSPS) is 11.2. The average Bonchev–Trinajstić information content (AvgIpc) is 2.63. The van der Waals surface area contributed by atoms with Crippen LogP contribution in [0.15, 0.2) is 71.6 Å². The van der Waals surface area contributed by atoms with Gasteiger partial charge in [-0.25, -0.2) is 0 Å². The molecule has 0 aliphatic rings. The van der Waals surface area contributed by atoms with E-state index >= 15 is 0 Å². The molecule has 0 aliphatic heterocycles. The van der Waals surface area contributed by atoms with E-state index in [1.54, 1.807) is 24.3 Å². The number of carbonyl (C=O) groups is 1. The van der Waals surface area contributed by atoms with Crippen molar-refractivity contribution in [2.24, 2.45) is 0 Å². The van der Waals surface area contributed by atoms with Gasteiger partial charge in [-0.1, -0.05) is 17.7 Å². The minimum absolute atomic E-state index is 0.0553. The van der Waals surface area contributed by atoms with Crippen LogP contribution in [0.5, 0.6) is 11.5 Å². The number of aryl methyl sites for hydroxylation is 2. The summed E-state index contributed by atoms with van der Waals surface area (Å²) < 4.78 is 36.7. The van der Waals surface area contributed by atoms with E-state index in [9.17, 15) is 13.2 Å². The quantitative estimate of drug-likeness (QED) is 0.516. The predicted octanol–water partition coefficient (Wildman–Crippen LogP) is 4.57. The first kappa shape index (κ1) is 18.8. The van der Waals surface area contributed by atoms with Crippen LogP contribution in [0.3, 0.4) is 0 Å². The molecule has 0 saturated carbocycles. The molecule has 0 aromatic heterocycles. The highest BCUT2D eigenvalue weighted by molar-refractivity contribution is 7.85. The van der Waals surface area contributed by atoms with Gasteiger partial charge in [0.05, 0.1) is 4.90 Å². The van der Waals surface area contributed by atoms with Gasteiger partial charge in [0.25, 0.3) is 10.1 Å². The van der Waals surface area contributed by atoms with Crippen LogP contribution in [0.25, 0.3) is 0 Å². The predicted molar refractivity (Wildman–Crippen MR) is 102 cm³/mol. The summed E-state index contributed by atoms with van der Waals surface area (Å²) in [6.45, 7) is 3.85. The van der Waals surface area contributed by atoms with E-state index in [4.69, 9.17) is 9.29 Å². The molecule has 3 aromatic rings. The summed E-state index contributed by atoms with van der Waals surface area (Å²) in [5.74, 6) is 0.864. The molecule has 138 valence electrons. The third-order valence-corrected chi connectivity index (χ3v) is 4.98. The second-order valence-electron chi connectivity index (χ2n) is 6.22. The fourth-order valence-corrected chi connectivity index (χ4v) is 3.11. The first-order chi connectivity index (χ1) is 12.7. The molecule has 0 aliphatic carbocycles. The molecule has 0 fully saturated rings. The van der Waals surface area contributed by atoms with E-state index in [-0.39, 0.29) is 10.7 Å². The van der Waals surface area contributed by atoms with Gasteiger partial charge < -0.3 is 4.74 Å². The monoisotopic (exact) mass is 382 g/mol. The van der Waals surface area contributed by atoms with Gasteiger partial charge in [-0.3, -0.25) is 9.35 Å². The second kappa shape index (κ2) is 7.34. The van der Waals surface area contributed by atoms with Crippen molar-refractivity contribution in [1.29, 1.82) is 0 Å². The Morgan fingerprint density at radius 3 is 1.96 bits per heavy atom. The van der Waals surface area contributed by atoms with Gasteiger partial charge in [0.2, 0.25) is 0 Å². The Morgan fingerprint density at radius 2 is 1.41 bits per heavy atom. The molecule has 6 heteroatoms. The van der Waals surface area contributed by atoms with E-state index in [0.717, 1.165) is 11.1 Å². The molecule has 0 unspecified atom stereocenters. The summed E-state index contributed by atoms with van der Waals surface area (Å²) in [6.07, 6.45) is 0. The van der Waals surface area contributed by atoms with E-state index in [2.05, 4.69) is 0 Å². The van der Waals surface area contributed by atoms with E-state index in [0.29, 0.717) is 22.6 Å². The van der Waals surface area contributed by atoms with Crippen LogP contribution in [0.4, 0.5) is 0 Å². The minimum Gasteiger partial charge on any atom is -0.457 e. The number of ether oxygens (including phenoxy) is 1. The lowest BCUT2D eigenvalue weighted by Crippen LogP contribution is -2.04. The van der Waals surface area contributed by atoms with Crippen LogP contribution >= 0.6 is 0 Å². The minimum atomic E-state index is -4.23.